The third-order valence-electron chi connectivity index (χ3n) is 5.48. The molecular weight excluding hydrogens is 324 g/mol. The van der Waals surface area contributed by atoms with Crippen molar-refractivity contribution in [1.82, 2.24) is 10.2 Å². The Morgan fingerprint density at radius 3 is 2.58 bits per heavy atom. The van der Waals surface area contributed by atoms with E-state index < -0.39 is 6.10 Å². The minimum Gasteiger partial charge on any atom is -0.388 e. The molecule has 1 aromatic rings. The van der Waals surface area contributed by atoms with Crippen molar-refractivity contribution < 1.29 is 9.90 Å². The van der Waals surface area contributed by atoms with Gasteiger partial charge in [0.2, 0.25) is 5.91 Å². The molecule has 5 heteroatoms. The molecule has 24 heavy (non-hydrogen) atoms. The van der Waals surface area contributed by atoms with Crippen LogP contribution in [0.1, 0.15) is 43.8 Å². The van der Waals surface area contributed by atoms with E-state index >= 15 is 0 Å². The van der Waals surface area contributed by atoms with E-state index in [1.165, 1.54) is 6.42 Å². The number of benzene rings is 1. The first-order chi connectivity index (χ1) is 11.6. The monoisotopic (exact) mass is 350 g/mol. The fourth-order valence-electron chi connectivity index (χ4n) is 3.84. The lowest BCUT2D eigenvalue weighted by atomic mass is 9.87. The number of piperidine rings is 1. The first kappa shape index (κ1) is 17.7. The van der Waals surface area contributed by atoms with E-state index in [-0.39, 0.29) is 11.8 Å². The molecule has 0 bridgehead atoms. The van der Waals surface area contributed by atoms with Crippen LogP contribution < -0.4 is 5.32 Å². The van der Waals surface area contributed by atoms with Crippen molar-refractivity contribution in [2.45, 2.75) is 38.2 Å². The van der Waals surface area contributed by atoms with Gasteiger partial charge >= 0.3 is 0 Å². The molecule has 2 fully saturated rings. The van der Waals surface area contributed by atoms with Gasteiger partial charge in [-0.1, -0.05) is 23.7 Å². The summed E-state index contributed by atoms with van der Waals surface area (Å²) in [5, 5.41) is 14.6. The van der Waals surface area contributed by atoms with Crippen molar-refractivity contribution >= 4 is 17.5 Å². The van der Waals surface area contributed by atoms with Gasteiger partial charge in [0.1, 0.15) is 0 Å². The number of nitrogens with zero attached hydrogens (tertiary/aromatic N) is 1. The lowest BCUT2D eigenvalue weighted by Crippen LogP contribution is -2.39. The molecule has 3 rings (SSSR count). The molecule has 2 unspecified atom stereocenters. The summed E-state index contributed by atoms with van der Waals surface area (Å²) in [6.45, 7) is 3.67. The minimum atomic E-state index is -0.468. The summed E-state index contributed by atoms with van der Waals surface area (Å²) in [6, 6.07) is 7.41. The average Bonchev–Trinajstić information content (AvgIpc) is 3.13. The van der Waals surface area contributed by atoms with Gasteiger partial charge < -0.3 is 15.3 Å². The number of likely N-dealkylation sites (tertiary alicyclic amines) is 1. The largest absolute Gasteiger partial charge is 0.388 e. The SMILES string of the molecule is O=C(CCC1CCNC1)N1CCC(C(O)c2ccc(Cl)cc2)CC1. The summed E-state index contributed by atoms with van der Waals surface area (Å²) in [5.41, 5.74) is 0.915. The Morgan fingerprint density at radius 2 is 1.96 bits per heavy atom. The van der Waals surface area contributed by atoms with E-state index in [1.54, 1.807) is 0 Å². The predicted octanol–water partition coefficient (Wildman–Crippen LogP) is 3.00. The Balaban J connectivity index is 1.44. The highest BCUT2D eigenvalue weighted by molar-refractivity contribution is 6.30. The smallest absolute Gasteiger partial charge is 0.222 e. The van der Waals surface area contributed by atoms with Gasteiger partial charge in [0.15, 0.2) is 0 Å². The lowest BCUT2D eigenvalue weighted by molar-refractivity contribution is -0.133. The fraction of sp³-hybridized carbons (Fsp3) is 0.632. The van der Waals surface area contributed by atoms with Gasteiger partial charge in [0, 0.05) is 24.5 Å². The maximum Gasteiger partial charge on any atom is 0.222 e. The number of aliphatic hydroxyl groups excluding tert-OH is 1. The van der Waals surface area contributed by atoms with Gasteiger partial charge in [0.05, 0.1) is 6.10 Å². The number of nitrogens with one attached hydrogen (secondary N) is 1. The number of amides is 1. The van der Waals surface area contributed by atoms with Crippen LogP contribution in [0.25, 0.3) is 0 Å². The first-order valence-corrected chi connectivity index (χ1v) is 9.43. The van der Waals surface area contributed by atoms with Crippen molar-refractivity contribution in [2.75, 3.05) is 26.2 Å². The Labute approximate surface area is 149 Å². The molecular formula is C19H27ClN2O2. The van der Waals surface area contributed by atoms with Crippen LogP contribution in [0.3, 0.4) is 0 Å². The Bertz CT molecular complexity index is 535. The van der Waals surface area contributed by atoms with Crippen LogP contribution in [0.15, 0.2) is 24.3 Å². The second-order valence-electron chi connectivity index (χ2n) is 7.11. The van der Waals surface area contributed by atoms with E-state index in [4.69, 9.17) is 11.6 Å². The molecule has 1 aromatic carbocycles. The number of halogens is 1. The number of hydrogen-bond donors (Lipinski definition) is 2. The third kappa shape index (κ3) is 4.50. The summed E-state index contributed by atoms with van der Waals surface area (Å²) < 4.78 is 0. The molecule has 2 saturated heterocycles. The van der Waals surface area contributed by atoms with Crippen molar-refractivity contribution in [3.05, 3.63) is 34.9 Å². The standard InChI is InChI=1S/C19H27ClN2O2/c20-17-4-2-15(3-5-17)19(24)16-8-11-22(12-9-16)18(23)6-1-14-7-10-21-13-14/h2-5,14,16,19,21,24H,1,6-13H2. The van der Waals surface area contributed by atoms with Crippen LogP contribution in [-0.2, 0) is 4.79 Å². The summed E-state index contributed by atoms with van der Waals surface area (Å²) in [6.07, 6.45) is 4.11. The minimum absolute atomic E-state index is 0.217. The molecule has 2 aliphatic rings. The van der Waals surface area contributed by atoms with Crippen molar-refractivity contribution in [3.8, 4) is 0 Å². The van der Waals surface area contributed by atoms with Crippen LogP contribution in [0.5, 0.6) is 0 Å². The molecule has 0 radical (unpaired) electrons. The second-order valence-corrected chi connectivity index (χ2v) is 7.55. The van der Waals surface area contributed by atoms with Gasteiger partial charge in [-0.2, -0.15) is 0 Å². The quantitative estimate of drug-likeness (QED) is 0.858. The zero-order valence-corrected chi connectivity index (χ0v) is 14.8. The normalized spacial score (nSPS) is 23.4. The topological polar surface area (TPSA) is 52.6 Å². The van der Waals surface area contributed by atoms with Crippen LogP contribution in [-0.4, -0.2) is 42.1 Å². The number of aliphatic hydroxyl groups is 1. The third-order valence-corrected chi connectivity index (χ3v) is 5.73. The molecule has 132 valence electrons. The first-order valence-electron chi connectivity index (χ1n) is 9.05. The Kier molecular flexibility index (Phi) is 6.14. The van der Waals surface area contributed by atoms with E-state index in [0.717, 1.165) is 51.0 Å². The van der Waals surface area contributed by atoms with Gasteiger partial charge in [0.25, 0.3) is 0 Å². The molecule has 0 aromatic heterocycles. The van der Waals surface area contributed by atoms with Crippen LogP contribution in [0, 0.1) is 11.8 Å². The Hall–Kier alpha value is -1.10. The maximum absolute atomic E-state index is 12.4. The number of rotatable bonds is 5. The molecule has 2 heterocycles. The van der Waals surface area contributed by atoms with Crippen LogP contribution >= 0.6 is 11.6 Å². The highest BCUT2D eigenvalue weighted by atomic mass is 35.5. The molecule has 0 aliphatic carbocycles. The summed E-state index contributed by atoms with van der Waals surface area (Å²) in [4.78, 5) is 14.3. The molecule has 0 saturated carbocycles. The summed E-state index contributed by atoms with van der Waals surface area (Å²) in [5.74, 6) is 1.16. The average molecular weight is 351 g/mol. The molecule has 2 atom stereocenters. The van der Waals surface area contributed by atoms with E-state index in [9.17, 15) is 9.90 Å². The highest BCUT2D eigenvalue weighted by Gasteiger charge is 2.28. The van der Waals surface area contributed by atoms with Crippen molar-refractivity contribution in [2.24, 2.45) is 11.8 Å². The molecule has 2 N–H and O–H groups in total. The fourth-order valence-corrected chi connectivity index (χ4v) is 3.97. The zero-order valence-electron chi connectivity index (χ0n) is 14.1. The van der Waals surface area contributed by atoms with Crippen LogP contribution in [0.2, 0.25) is 5.02 Å². The molecule has 2 aliphatic heterocycles. The second kappa shape index (κ2) is 8.32. The molecule has 1 amide bonds. The summed E-state index contributed by atoms with van der Waals surface area (Å²) >= 11 is 5.90. The van der Waals surface area contributed by atoms with Gasteiger partial charge in [-0.25, -0.2) is 0 Å². The number of hydrogen-bond acceptors (Lipinski definition) is 3. The highest BCUT2D eigenvalue weighted by Crippen LogP contribution is 2.31. The zero-order chi connectivity index (χ0) is 16.9. The predicted molar refractivity (Wildman–Crippen MR) is 95.9 cm³/mol. The number of carbonyl (C=O) groups excluding carboxylic acids is 1. The molecule has 4 nitrogen and oxygen atoms in total. The summed E-state index contributed by atoms with van der Waals surface area (Å²) in [7, 11) is 0. The van der Waals surface area contributed by atoms with Crippen molar-refractivity contribution in [1.29, 1.82) is 0 Å². The number of carbonyl (C=O) groups is 1. The molecule has 0 spiro atoms. The van der Waals surface area contributed by atoms with E-state index in [0.29, 0.717) is 17.4 Å². The van der Waals surface area contributed by atoms with Gasteiger partial charge in [-0.3, -0.25) is 4.79 Å². The van der Waals surface area contributed by atoms with E-state index in [1.807, 2.05) is 29.2 Å². The maximum atomic E-state index is 12.4. The van der Waals surface area contributed by atoms with E-state index in [2.05, 4.69) is 5.32 Å². The Morgan fingerprint density at radius 1 is 1.25 bits per heavy atom. The van der Waals surface area contributed by atoms with Gasteiger partial charge in [-0.05, 0) is 68.3 Å². The lowest BCUT2D eigenvalue weighted by Gasteiger charge is -2.34. The van der Waals surface area contributed by atoms with Gasteiger partial charge in [-0.15, -0.1) is 0 Å². The van der Waals surface area contributed by atoms with Crippen LogP contribution in [0.4, 0.5) is 0 Å². The van der Waals surface area contributed by atoms with Crippen molar-refractivity contribution in [3.63, 3.8) is 0 Å².